The smallest absolute Gasteiger partial charge is 0.259 e. The van der Waals surface area contributed by atoms with Gasteiger partial charge in [-0.3, -0.25) is 4.79 Å². The van der Waals surface area contributed by atoms with Crippen molar-refractivity contribution in [3.05, 3.63) is 96.2 Å². The summed E-state index contributed by atoms with van der Waals surface area (Å²) >= 11 is 0. The monoisotopic (exact) mass is 383 g/mol. The average Bonchev–Trinajstić information content (AvgIpc) is 3.21. The Hall–Kier alpha value is -3.86. The molecule has 5 nitrogen and oxygen atoms in total. The largest absolute Gasteiger partial charge is 0.496 e. The quantitative estimate of drug-likeness (QED) is 0.521. The van der Waals surface area contributed by atoms with Gasteiger partial charge in [-0.1, -0.05) is 48.5 Å². The number of carbonyl (C=O) groups excluding carboxylic acids is 1. The van der Waals surface area contributed by atoms with Gasteiger partial charge in [0.25, 0.3) is 5.91 Å². The number of aryl methyl sites for hydroxylation is 1. The first-order chi connectivity index (χ1) is 14.2. The van der Waals surface area contributed by atoms with E-state index in [-0.39, 0.29) is 5.91 Å². The number of ether oxygens (including phenoxy) is 1. The molecule has 0 unspecified atom stereocenters. The molecule has 0 aliphatic heterocycles. The summed E-state index contributed by atoms with van der Waals surface area (Å²) in [5, 5.41) is 7.73. The number of methoxy groups -OCH3 is 1. The van der Waals surface area contributed by atoms with Gasteiger partial charge in [0.05, 0.1) is 18.4 Å². The number of aromatic nitrogens is 2. The van der Waals surface area contributed by atoms with Crippen LogP contribution in [-0.4, -0.2) is 22.8 Å². The van der Waals surface area contributed by atoms with Crippen molar-refractivity contribution in [2.45, 2.75) is 6.92 Å². The predicted molar refractivity (Wildman–Crippen MR) is 115 cm³/mol. The summed E-state index contributed by atoms with van der Waals surface area (Å²) in [5.41, 5.74) is 4.45. The third-order valence-corrected chi connectivity index (χ3v) is 4.73. The fourth-order valence-electron chi connectivity index (χ4n) is 3.20. The normalized spacial score (nSPS) is 10.6. The maximum absolute atomic E-state index is 13.2. The van der Waals surface area contributed by atoms with Gasteiger partial charge in [0.2, 0.25) is 0 Å². The van der Waals surface area contributed by atoms with E-state index in [0.29, 0.717) is 17.0 Å². The minimum atomic E-state index is -0.220. The highest BCUT2D eigenvalue weighted by molar-refractivity contribution is 6.08. The molecule has 0 aliphatic rings. The lowest BCUT2D eigenvalue weighted by Crippen LogP contribution is -2.13. The van der Waals surface area contributed by atoms with Gasteiger partial charge in [-0.15, -0.1) is 0 Å². The number of nitrogens with zero attached hydrogens (tertiary/aromatic N) is 2. The number of rotatable bonds is 5. The summed E-state index contributed by atoms with van der Waals surface area (Å²) in [6.07, 6.45) is 1.75. The van der Waals surface area contributed by atoms with Crippen molar-refractivity contribution in [2.75, 3.05) is 12.4 Å². The van der Waals surface area contributed by atoms with Crippen LogP contribution in [0.25, 0.3) is 16.9 Å². The second-order valence-electron chi connectivity index (χ2n) is 6.64. The molecular weight excluding hydrogens is 362 g/mol. The summed E-state index contributed by atoms with van der Waals surface area (Å²) in [5.74, 6) is 0.443. The van der Waals surface area contributed by atoms with Crippen molar-refractivity contribution in [3.8, 4) is 22.7 Å². The van der Waals surface area contributed by atoms with Crippen LogP contribution in [0, 0.1) is 6.92 Å². The third kappa shape index (κ3) is 3.75. The average molecular weight is 383 g/mol. The molecule has 5 heteroatoms. The molecule has 1 aromatic heterocycles. The summed E-state index contributed by atoms with van der Waals surface area (Å²) < 4.78 is 7.22. The number of carbonyl (C=O) groups is 1. The fraction of sp³-hybridized carbons (Fsp3) is 0.0833. The van der Waals surface area contributed by atoms with E-state index in [0.717, 1.165) is 22.5 Å². The van der Waals surface area contributed by atoms with E-state index >= 15 is 0 Å². The van der Waals surface area contributed by atoms with E-state index in [1.807, 2.05) is 85.8 Å². The molecule has 0 atom stereocenters. The number of amides is 1. The number of para-hydroxylation sites is 3. The van der Waals surface area contributed by atoms with Gasteiger partial charge in [-0.05, 0) is 42.8 Å². The van der Waals surface area contributed by atoms with E-state index in [1.165, 1.54) is 0 Å². The van der Waals surface area contributed by atoms with Crippen molar-refractivity contribution in [1.29, 1.82) is 0 Å². The van der Waals surface area contributed by atoms with Crippen LogP contribution in [0.3, 0.4) is 0 Å². The maximum atomic E-state index is 13.2. The molecule has 1 amide bonds. The van der Waals surface area contributed by atoms with Gasteiger partial charge in [-0.25, -0.2) is 4.68 Å². The molecule has 0 radical (unpaired) electrons. The van der Waals surface area contributed by atoms with Gasteiger partial charge in [-0.2, -0.15) is 5.10 Å². The Bertz CT molecular complexity index is 1150. The highest BCUT2D eigenvalue weighted by Gasteiger charge is 2.21. The van der Waals surface area contributed by atoms with Crippen molar-refractivity contribution in [2.24, 2.45) is 0 Å². The Morgan fingerprint density at radius 2 is 1.62 bits per heavy atom. The lowest BCUT2D eigenvalue weighted by molar-refractivity contribution is 0.102. The van der Waals surface area contributed by atoms with Gasteiger partial charge in [0, 0.05) is 17.4 Å². The van der Waals surface area contributed by atoms with Gasteiger partial charge in [0.15, 0.2) is 0 Å². The van der Waals surface area contributed by atoms with E-state index in [4.69, 9.17) is 9.84 Å². The number of benzene rings is 3. The second kappa shape index (κ2) is 8.02. The van der Waals surface area contributed by atoms with Gasteiger partial charge in [0.1, 0.15) is 11.4 Å². The molecule has 29 heavy (non-hydrogen) atoms. The molecular formula is C24H21N3O2. The SMILES string of the molecule is COc1ccccc1-c1nn(-c2ccccc2)cc1C(=O)Nc1ccccc1C. The summed E-state index contributed by atoms with van der Waals surface area (Å²) in [6, 6.07) is 25.0. The molecule has 0 bridgehead atoms. The van der Waals surface area contributed by atoms with E-state index in [9.17, 15) is 4.79 Å². The van der Waals surface area contributed by atoms with Crippen LogP contribution in [0.5, 0.6) is 5.75 Å². The molecule has 0 saturated carbocycles. The molecule has 1 heterocycles. The van der Waals surface area contributed by atoms with Crippen molar-refractivity contribution in [1.82, 2.24) is 9.78 Å². The minimum absolute atomic E-state index is 0.220. The number of hydrogen-bond acceptors (Lipinski definition) is 3. The van der Waals surface area contributed by atoms with Crippen LogP contribution in [-0.2, 0) is 0 Å². The van der Waals surface area contributed by atoms with Crippen LogP contribution in [0.4, 0.5) is 5.69 Å². The van der Waals surface area contributed by atoms with Crippen LogP contribution < -0.4 is 10.1 Å². The second-order valence-corrected chi connectivity index (χ2v) is 6.64. The van der Waals surface area contributed by atoms with E-state index < -0.39 is 0 Å². The number of hydrogen-bond donors (Lipinski definition) is 1. The molecule has 0 saturated heterocycles. The minimum Gasteiger partial charge on any atom is -0.496 e. The zero-order valence-electron chi connectivity index (χ0n) is 16.3. The highest BCUT2D eigenvalue weighted by atomic mass is 16.5. The zero-order valence-corrected chi connectivity index (χ0v) is 16.3. The molecule has 4 rings (SSSR count). The van der Waals surface area contributed by atoms with Crippen molar-refractivity contribution < 1.29 is 9.53 Å². The Balaban J connectivity index is 1.82. The maximum Gasteiger partial charge on any atom is 0.259 e. The Morgan fingerprint density at radius 1 is 0.931 bits per heavy atom. The third-order valence-electron chi connectivity index (χ3n) is 4.73. The lowest BCUT2D eigenvalue weighted by Gasteiger charge is -2.10. The standard InChI is InChI=1S/C24H21N3O2/c1-17-10-6-8-14-21(17)25-24(28)20-16-27(18-11-4-3-5-12-18)26-23(20)19-13-7-9-15-22(19)29-2/h3-16H,1-2H3,(H,25,28). The first-order valence-corrected chi connectivity index (χ1v) is 9.33. The summed E-state index contributed by atoms with van der Waals surface area (Å²) in [4.78, 5) is 13.2. The molecule has 0 aliphatic carbocycles. The van der Waals surface area contributed by atoms with Gasteiger partial charge >= 0.3 is 0 Å². The molecule has 0 spiro atoms. The number of anilines is 1. The van der Waals surface area contributed by atoms with Gasteiger partial charge < -0.3 is 10.1 Å². The predicted octanol–water partition coefficient (Wildman–Crippen LogP) is 5.11. The topological polar surface area (TPSA) is 56.2 Å². The Morgan fingerprint density at radius 3 is 2.38 bits per heavy atom. The summed E-state index contributed by atoms with van der Waals surface area (Å²) in [6.45, 7) is 1.96. The molecule has 4 aromatic rings. The molecule has 3 aromatic carbocycles. The van der Waals surface area contributed by atoms with Crippen LogP contribution >= 0.6 is 0 Å². The van der Waals surface area contributed by atoms with Crippen LogP contribution in [0.1, 0.15) is 15.9 Å². The lowest BCUT2D eigenvalue weighted by atomic mass is 10.1. The molecule has 144 valence electrons. The Labute approximate surface area is 169 Å². The van der Waals surface area contributed by atoms with Crippen LogP contribution in [0.15, 0.2) is 85.1 Å². The molecule has 0 fully saturated rings. The first kappa shape index (κ1) is 18.5. The van der Waals surface area contributed by atoms with Crippen LogP contribution in [0.2, 0.25) is 0 Å². The van der Waals surface area contributed by atoms with Crippen molar-refractivity contribution in [3.63, 3.8) is 0 Å². The number of nitrogens with one attached hydrogen (secondary N) is 1. The fourth-order valence-corrected chi connectivity index (χ4v) is 3.20. The van der Waals surface area contributed by atoms with E-state index in [2.05, 4.69) is 5.32 Å². The zero-order chi connectivity index (χ0) is 20.2. The molecule has 1 N–H and O–H groups in total. The Kier molecular flexibility index (Phi) is 5.12. The first-order valence-electron chi connectivity index (χ1n) is 9.33. The summed E-state index contributed by atoms with van der Waals surface area (Å²) in [7, 11) is 1.61. The highest BCUT2D eigenvalue weighted by Crippen LogP contribution is 2.32. The van der Waals surface area contributed by atoms with E-state index in [1.54, 1.807) is 18.0 Å². The van der Waals surface area contributed by atoms with Crippen molar-refractivity contribution >= 4 is 11.6 Å².